The minimum atomic E-state index is -1.08. The smallest absolute Gasteiger partial charge is 0.303 e. The highest BCUT2D eigenvalue weighted by atomic mass is 16.6. The molecule has 16 heavy (non-hydrogen) atoms. The second kappa shape index (κ2) is 7.67. The van der Waals surface area contributed by atoms with Crippen LogP contribution in [0.2, 0.25) is 0 Å². The van der Waals surface area contributed by atoms with Crippen molar-refractivity contribution in [2.24, 2.45) is 0 Å². The van der Waals surface area contributed by atoms with Crippen LogP contribution in [0.5, 0.6) is 0 Å². The van der Waals surface area contributed by atoms with E-state index in [2.05, 4.69) is 0 Å². The van der Waals surface area contributed by atoms with Crippen LogP contribution in [0.25, 0.3) is 0 Å². The molecule has 0 aliphatic rings. The fourth-order valence-electron chi connectivity index (χ4n) is 0.645. The summed E-state index contributed by atoms with van der Waals surface area (Å²) in [6.07, 6.45) is -0.593. The maximum absolute atomic E-state index is 10.2. The fourth-order valence-corrected chi connectivity index (χ4v) is 0.645. The van der Waals surface area contributed by atoms with Crippen molar-refractivity contribution in [1.29, 1.82) is 0 Å². The van der Waals surface area contributed by atoms with Gasteiger partial charge in [-0.2, -0.15) is 0 Å². The van der Waals surface area contributed by atoms with Gasteiger partial charge < -0.3 is 14.9 Å². The molecule has 94 valence electrons. The van der Waals surface area contributed by atoms with Gasteiger partial charge in [-0.3, -0.25) is 14.4 Å². The molecule has 0 fully saturated rings. The lowest BCUT2D eigenvalue weighted by molar-refractivity contribution is -0.152. The number of carboxylic acids is 2. The number of hydrogen-bond acceptors (Lipinski definition) is 4. The topological polar surface area (TPSA) is 101 Å². The lowest BCUT2D eigenvalue weighted by Gasteiger charge is -2.17. The third kappa shape index (κ3) is 22.8. The molecule has 0 aromatic rings. The average Bonchev–Trinajstić information content (AvgIpc) is 1.96. The summed E-state index contributed by atoms with van der Waals surface area (Å²) in [5.74, 6) is -2.38. The molecule has 0 radical (unpaired) electrons. The molecule has 0 amide bonds. The van der Waals surface area contributed by atoms with Gasteiger partial charge in [0, 0.05) is 6.92 Å². The van der Waals surface area contributed by atoms with E-state index in [0.717, 1.165) is 0 Å². The summed E-state index contributed by atoms with van der Waals surface area (Å²) in [6.45, 7) is 6.93. The van der Waals surface area contributed by atoms with Gasteiger partial charge in [0.25, 0.3) is 0 Å². The highest BCUT2D eigenvalue weighted by Crippen LogP contribution is 2.05. The number of ether oxygens (including phenoxy) is 1. The SMILES string of the molecule is CC(=O)OC(C)(C)C.O=C(O)CCC(=O)O. The Morgan fingerprint density at radius 2 is 1.31 bits per heavy atom. The van der Waals surface area contributed by atoms with Crippen molar-refractivity contribution in [1.82, 2.24) is 0 Å². The van der Waals surface area contributed by atoms with Crippen LogP contribution in [0.15, 0.2) is 0 Å². The van der Waals surface area contributed by atoms with Gasteiger partial charge in [0.2, 0.25) is 0 Å². The van der Waals surface area contributed by atoms with Gasteiger partial charge in [-0.25, -0.2) is 0 Å². The van der Waals surface area contributed by atoms with Crippen molar-refractivity contribution < 1.29 is 29.3 Å². The van der Waals surface area contributed by atoms with Crippen molar-refractivity contribution in [3.05, 3.63) is 0 Å². The van der Waals surface area contributed by atoms with Crippen LogP contribution in [-0.2, 0) is 19.1 Å². The van der Waals surface area contributed by atoms with E-state index in [4.69, 9.17) is 14.9 Å². The molecule has 0 saturated carbocycles. The summed E-state index contributed by atoms with van der Waals surface area (Å²) < 4.78 is 4.80. The minimum Gasteiger partial charge on any atom is -0.481 e. The Morgan fingerprint density at radius 1 is 1.00 bits per heavy atom. The van der Waals surface area contributed by atoms with Crippen molar-refractivity contribution in [2.45, 2.75) is 46.1 Å². The monoisotopic (exact) mass is 234 g/mol. The van der Waals surface area contributed by atoms with Gasteiger partial charge in [0.05, 0.1) is 12.8 Å². The summed E-state index contributed by atoms with van der Waals surface area (Å²) in [5, 5.41) is 15.8. The quantitative estimate of drug-likeness (QED) is 0.713. The molecule has 0 heterocycles. The van der Waals surface area contributed by atoms with Crippen molar-refractivity contribution in [2.75, 3.05) is 0 Å². The zero-order valence-electron chi connectivity index (χ0n) is 9.94. The van der Waals surface area contributed by atoms with Gasteiger partial charge in [-0.1, -0.05) is 0 Å². The molecule has 2 N–H and O–H groups in total. The molecule has 0 spiro atoms. The number of rotatable bonds is 3. The number of carbonyl (C=O) groups excluding carboxylic acids is 1. The Labute approximate surface area is 94.2 Å². The molecule has 0 aromatic carbocycles. The summed E-state index contributed by atoms with van der Waals surface area (Å²) >= 11 is 0. The molecule has 0 aliphatic carbocycles. The van der Waals surface area contributed by atoms with Gasteiger partial charge in [0.15, 0.2) is 0 Å². The molecule has 0 saturated heterocycles. The Bertz CT molecular complexity index is 237. The molecule has 0 bridgehead atoms. The van der Waals surface area contributed by atoms with Crippen LogP contribution in [0, 0.1) is 0 Å². The molecule has 6 heteroatoms. The zero-order chi connectivity index (χ0) is 13.4. The predicted octanol–water partition coefficient (Wildman–Crippen LogP) is 1.28. The van der Waals surface area contributed by atoms with E-state index in [1.807, 2.05) is 20.8 Å². The van der Waals surface area contributed by atoms with E-state index in [1.54, 1.807) is 0 Å². The van der Waals surface area contributed by atoms with Crippen molar-refractivity contribution in [3.8, 4) is 0 Å². The molecule has 0 aliphatic heterocycles. The van der Waals surface area contributed by atoms with Crippen LogP contribution in [-0.4, -0.2) is 33.7 Å². The van der Waals surface area contributed by atoms with E-state index in [9.17, 15) is 14.4 Å². The Balaban J connectivity index is 0. The minimum absolute atomic E-state index is 0.225. The summed E-state index contributed by atoms with van der Waals surface area (Å²) in [5.41, 5.74) is -0.328. The summed E-state index contributed by atoms with van der Waals surface area (Å²) in [7, 11) is 0. The van der Waals surface area contributed by atoms with E-state index in [0.29, 0.717) is 0 Å². The Kier molecular flexibility index (Phi) is 8.07. The first kappa shape index (κ1) is 16.8. The predicted molar refractivity (Wildman–Crippen MR) is 56.0 cm³/mol. The lowest BCUT2D eigenvalue weighted by atomic mass is 10.2. The Morgan fingerprint density at radius 3 is 1.38 bits per heavy atom. The second-order valence-electron chi connectivity index (χ2n) is 3.99. The fraction of sp³-hybridized carbons (Fsp3) is 0.700. The van der Waals surface area contributed by atoms with Gasteiger partial charge in [-0.05, 0) is 20.8 Å². The summed E-state index contributed by atoms with van der Waals surface area (Å²) in [4.78, 5) is 29.5. The number of carboxylic acid groups (broad SMARTS) is 2. The van der Waals surface area contributed by atoms with Crippen LogP contribution in [0.4, 0.5) is 0 Å². The average molecular weight is 234 g/mol. The molecule has 6 nitrogen and oxygen atoms in total. The van der Waals surface area contributed by atoms with Crippen LogP contribution in [0.3, 0.4) is 0 Å². The third-order valence-corrected chi connectivity index (χ3v) is 1.00. The highest BCUT2D eigenvalue weighted by molar-refractivity contribution is 5.75. The van der Waals surface area contributed by atoms with Crippen molar-refractivity contribution in [3.63, 3.8) is 0 Å². The normalized spacial score (nSPS) is 9.75. The number of carbonyl (C=O) groups is 3. The van der Waals surface area contributed by atoms with Crippen LogP contribution in [0.1, 0.15) is 40.5 Å². The molecule has 0 aromatic heterocycles. The highest BCUT2D eigenvalue weighted by Gasteiger charge is 2.11. The van der Waals surface area contributed by atoms with Gasteiger partial charge >= 0.3 is 17.9 Å². The van der Waals surface area contributed by atoms with E-state index >= 15 is 0 Å². The number of esters is 1. The van der Waals surface area contributed by atoms with E-state index in [1.165, 1.54) is 6.92 Å². The Hall–Kier alpha value is -1.59. The number of aliphatic carboxylic acids is 2. The maximum atomic E-state index is 10.2. The maximum Gasteiger partial charge on any atom is 0.303 e. The van der Waals surface area contributed by atoms with Gasteiger partial charge in [-0.15, -0.1) is 0 Å². The molecule has 0 rings (SSSR count). The summed E-state index contributed by atoms with van der Waals surface area (Å²) in [6, 6.07) is 0. The van der Waals surface area contributed by atoms with E-state index < -0.39 is 11.9 Å². The first-order valence-corrected chi connectivity index (χ1v) is 4.67. The molecule has 0 atom stereocenters. The number of hydrogen-bond donors (Lipinski definition) is 2. The zero-order valence-corrected chi connectivity index (χ0v) is 9.94. The van der Waals surface area contributed by atoms with Gasteiger partial charge in [0.1, 0.15) is 5.60 Å². The first-order chi connectivity index (χ1) is 7.04. The van der Waals surface area contributed by atoms with E-state index in [-0.39, 0.29) is 24.4 Å². The lowest BCUT2D eigenvalue weighted by Crippen LogP contribution is -2.21. The molecular formula is C10H18O6. The molecular weight excluding hydrogens is 216 g/mol. The largest absolute Gasteiger partial charge is 0.481 e. The second-order valence-corrected chi connectivity index (χ2v) is 3.99. The van der Waals surface area contributed by atoms with Crippen LogP contribution < -0.4 is 0 Å². The molecule has 0 unspecified atom stereocenters. The van der Waals surface area contributed by atoms with Crippen LogP contribution >= 0.6 is 0 Å². The third-order valence-electron chi connectivity index (χ3n) is 1.00. The standard InChI is InChI=1S/C6H12O2.C4H6O4/c1-5(7)8-6(2,3)4;5-3(6)1-2-4(7)8/h1-4H3;1-2H2,(H,5,6)(H,7,8). The first-order valence-electron chi connectivity index (χ1n) is 4.67. The van der Waals surface area contributed by atoms with Crippen molar-refractivity contribution >= 4 is 17.9 Å².